The average Bonchev–Trinajstić information content (AvgIpc) is 2.67. The van der Waals surface area contributed by atoms with Crippen LogP contribution in [0, 0.1) is 0 Å². The summed E-state index contributed by atoms with van der Waals surface area (Å²) in [6.45, 7) is 0.734. The summed E-state index contributed by atoms with van der Waals surface area (Å²) >= 11 is 0. The van der Waals surface area contributed by atoms with Crippen LogP contribution in [0.4, 0.5) is 0 Å². The highest BCUT2D eigenvalue weighted by atomic mass is 16.5. The van der Waals surface area contributed by atoms with Gasteiger partial charge in [-0.2, -0.15) is 0 Å². The number of unbranched alkanes of at least 4 members (excludes halogenated alkanes) is 1. The highest BCUT2D eigenvalue weighted by Crippen LogP contribution is 2.13. The Balaban J connectivity index is 1.56. The molecule has 0 unspecified atom stereocenters. The summed E-state index contributed by atoms with van der Waals surface area (Å²) in [5, 5.41) is 3.00. The van der Waals surface area contributed by atoms with Gasteiger partial charge in [-0.05, 0) is 61.1 Å². The summed E-state index contributed by atoms with van der Waals surface area (Å²) < 4.78 is 10.3. The van der Waals surface area contributed by atoms with E-state index in [2.05, 4.69) is 17.4 Å². The molecule has 2 rings (SSSR count). The quantitative estimate of drug-likeness (QED) is 0.669. The molecule has 0 saturated heterocycles. The lowest BCUT2D eigenvalue weighted by Gasteiger charge is -2.07. The standard InChI is InChI=1S/C21H27NO3/c1-24-19-11-6-17(7-12-19)5-3-4-16-22-21(23)15-10-18-8-13-20(25-2)14-9-18/h6-9,11-14H,3-5,10,15-16H2,1-2H3,(H,22,23). The number of aryl methyl sites for hydroxylation is 2. The van der Waals surface area contributed by atoms with Crippen LogP contribution in [0.2, 0.25) is 0 Å². The Kier molecular flexibility index (Phi) is 7.83. The van der Waals surface area contributed by atoms with Gasteiger partial charge in [0.25, 0.3) is 0 Å². The highest BCUT2D eigenvalue weighted by molar-refractivity contribution is 5.76. The topological polar surface area (TPSA) is 47.6 Å². The number of rotatable bonds is 10. The maximum Gasteiger partial charge on any atom is 0.220 e. The molecule has 0 spiro atoms. The van der Waals surface area contributed by atoms with Crippen molar-refractivity contribution in [3.8, 4) is 11.5 Å². The minimum Gasteiger partial charge on any atom is -0.497 e. The number of carbonyl (C=O) groups excluding carboxylic acids is 1. The van der Waals surface area contributed by atoms with Crippen LogP contribution in [-0.4, -0.2) is 26.7 Å². The third-order valence-electron chi connectivity index (χ3n) is 4.17. The lowest BCUT2D eigenvalue weighted by molar-refractivity contribution is -0.121. The minimum atomic E-state index is 0.111. The lowest BCUT2D eigenvalue weighted by atomic mass is 10.1. The number of nitrogens with one attached hydrogen (secondary N) is 1. The molecule has 0 fully saturated rings. The zero-order chi connectivity index (χ0) is 17.9. The third-order valence-corrected chi connectivity index (χ3v) is 4.17. The summed E-state index contributed by atoms with van der Waals surface area (Å²) in [5.41, 5.74) is 2.45. The molecular formula is C21H27NO3. The van der Waals surface area contributed by atoms with Crippen LogP contribution in [0.25, 0.3) is 0 Å². The van der Waals surface area contributed by atoms with Crippen LogP contribution in [0.1, 0.15) is 30.4 Å². The van der Waals surface area contributed by atoms with E-state index >= 15 is 0 Å². The number of amides is 1. The normalized spacial score (nSPS) is 10.3. The van der Waals surface area contributed by atoms with Crippen LogP contribution in [0.3, 0.4) is 0 Å². The minimum absolute atomic E-state index is 0.111. The van der Waals surface area contributed by atoms with E-state index in [4.69, 9.17) is 9.47 Å². The predicted octanol–water partition coefficient (Wildman–Crippen LogP) is 3.78. The number of hydrogen-bond acceptors (Lipinski definition) is 3. The molecule has 0 aliphatic heterocycles. The Labute approximate surface area is 150 Å². The molecule has 0 bridgehead atoms. The van der Waals surface area contributed by atoms with Crippen molar-refractivity contribution < 1.29 is 14.3 Å². The van der Waals surface area contributed by atoms with Gasteiger partial charge < -0.3 is 14.8 Å². The Bertz CT molecular complexity index is 635. The van der Waals surface area contributed by atoms with Gasteiger partial charge in [-0.15, -0.1) is 0 Å². The second-order valence-electron chi connectivity index (χ2n) is 6.00. The number of methoxy groups -OCH3 is 2. The Morgan fingerprint density at radius 2 is 1.32 bits per heavy atom. The van der Waals surface area contributed by atoms with Crippen LogP contribution >= 0.6 is 0 Å². The first-order chi connectivity index (χ1) is 12.2. The van der Waals surface area contributed by atoms with Crippen LogP contribution in [-0.2, 0) is 17.6 Å². The molecule has 2 aromatic rings. The maximum absolute atomic E-state index is 11.9. The van der Waals surface area contributed by atoms with Crippen LogP contribution < -0.4 is 14.8 Å². The van der Waals surface area contributed by atoms with Gasteiger partial charge in [-0.25, -0.2) is 0 Å². The van der Waals surface area contributed by atoms with Gasteiger partial charge in [-0.1, -0.05) is 24.3 Å². The fourth-order valence-electron chi connectivity index (χ4n) is 2.61. The molecule has 0 heterocycles. The van der Waals surface area contributed by atoms with Gasteiger partial charge >= 0.3 is 0 Å². The zero-order valence-electron chi connectivity index (χ0n) is 15.1. The number of hydrogen-bond donors (Lipinski definition) is 1. The van der Waals surface area contributed by atoms with Crippen molar-refractivity contribution in [2.45, 2.75) is 32.1 Å². The highest BCUT2D eigenvalue weighted by Gasteiger charge is 2.02. The zero-order valence-corrected chi connectivity index (χ0v) is 15.1. The second kappa shape index (κ2) is 10.4. The molecule has 25 heavy (non-hydrogen) atoms. The van der Waals surface area contributed by atoms with E-state index in [0.29, 0.717) is 6.42 Å². The first-order valence-corrected chi connectivity index (χ1v) is 8.74. The fourth-order valence-corrected chi connectivity index (χ4v) is 2.61. The van der Waals surface area contributed by atoms with Crippen molar-refractivity contribution >= 4 is 5.91 Å². The number of ether oxygens (including phenoxy) is 2. The molecule has 1 N–H and O–H groups in total. The van der Waals surface area contributed by atoms with Gasteiger partial charge in [0.15, 0.2) is 0 Å². The Morgan fingerprint density at radius 3 is 1.84 bits per heavy atom. The summed E-state index contributed by atoms with van der Waals surface area (Å²) in [6.07, 6.45) is 4.34. The maximum atomic E-state index is 11.9. The first-order valence-electron chi connectivity index (χ1n) is 8.74. The first kappa shape index (κ1) is 18.8. The second-order valence-corrected chi connectivity index (χ2v) is 6.00. The summed E-state index contributed by atoms with van der Waals surface area (Å²) in [4.78, 5) is 11.9. The van der Waals surface area contributed by atoms with Gasteiger partial charge in [0.2, 0.25) is 5.91 Å². The molecular weight excluding hydrogens is 314 g/mol. The molecule has 4 nitrogen and oxygen atoms in total. The van der Waals surface area contributed by atoms with Gasteiger partial charge in [0.1, 0.15) is 11.5 Å². The summed E-state index contributed by atoms with van der Waals surface area (Å²) in [6, 6.07) is 16.0. The third kappa shape index (κ3) is 6.87. The molecule has 0 atom stereocenters. The van der Waals surface area contributed by atoms with Crippen molar-refractivity contribution in [3.63, 3.8) is 0 Å². The molecule has 0 aliphatic carbocycles. The monoisotopic (exact) mass is 341 g/mol. The molecule has 134 valence electrons. The molecule has 0 aliphatic rings. The number of benzene rings is 2. The smallest absolute Gasteiger partial charge is 0.220 e. The molecule has 0 aromatic heterocycles. The fraction of sp³-hybridized carbons (Fsp3) is 0.381. The molecule has 0 radical (unpaired) electrons. The van der Waals surface area contributed by atoms with E-state index in [0.717, 1.165) is 49.3 Å². The Hall–Kier alpha value is -2.49. The van der Waals surface area contributed by atoms with Crippen LogP contribution in [0.15, 0.2) is 48.5 Å². The Morgan fingerprint density at radius 1 is 0.800 bits per heavy atom. The molecule has 4 heteroatoms. The van der Waals surface area contributed by atoms with Crippen LogP contribution in [0.5, 0.6) is 11.5 Å². The van der Waals surface area contributed by atoms with E-state index in [1.807, 2.05) is 36.4 Å². The summed E-state index contributed by atoms with van der Waals surface area (Å²) in [7, 11) is 3.32. The van der Waals surface area contributed by atoms with Crippen molar-refractivity contribution in [3.05, 3.63) is 59.7 Å². The van der Waals surface area contributed by atoms with E-state index < -0.39 is 0 Å². The van der Waals surface area contributed by atoms with E-state index in [1.165, 1.54) is 5.56 Å². The summed E-state index contributed by atoms with van der Waals surface area (Å²) in [5.74, 6) is 1.83. The van der Waals surface area contributed by atoms with Gasteiger partial charge in [0, 0.05) is 13.0 Å². The average molecular weight is 341 g/mol. The molecule has 1 amide bonds. The van der Waals surface area contributed by atoms with E-state index in [-0.39, 0.29) is 5.91 Å². The van der Waals surface area contributed by atoms with E-state index in [1.54, 1.807) is 14.2 Å². The van der Waals surface area contributed by atoms with E-state index in [9.17, 15) is 4.79 Å². The van der Waals surface area contributed by atoms with Crippen molar-refractivity contribution in [1.82, 2.24) is 5.32 Å². The van der Waals surface area contributed by atoms with Crippen molar-refractivity contribution in [1.29, 1.82) is 0 Å². The largest absolute Gasteiger partial charge is 0.497 e. The number of carbonyl (C=O) groups is 1. The lowest BCUT2D eigenvalue weighted by Crippen LogP contribution is -2.24. The molecule has 0 saturated carbocycles. The SMILES string of the molecule is COc1ccc(CCCCNC(=O)CCc2ccc(OC)cc2)cc1. The van der Waals surface area contributed by atoms with Crippen molar-refractivity contribution in [2.75, 3.05) is 20.8 Å². The predicted molar refractivity (Wildman–Crippen MR) is 100 cm³/mol. The van der Waals surface area contributed by atoms with Gasteiger partial charge in [-0.3, -0.25) is 4.79 Å². The van der Waals surface area contributed by atoms with Gasteiger partial charge in [0.05, 0.1) is 14.2 Å². The van der Waals surface area contributed by atoms with Crippen molar-refractivity contribution in [2.24, 2.45) is 0 Å². The molecule has 2 aromatic carbocycles.